The van der Waals surface area contributed by atoms with Crippen LogP contribution in [0.3, 0.4) is 0 Å². The molecule has 1 aliphatic heterocycles. The van der Waals surface area contributed by atoms with Crippen molar-refractivity contribution in [2.24, 2.45) is 0 Å². The maximum Gasteiger partial charge on any atom is 0.329 e. The van der Waals surface area contributed by atoms with Crippen molar-refractivity contribution in [1.29, 1.82) is 0 Å². The van der Waals surface area contributed by atoms with Crippen molar-refractivity contribution >= 4 is 29.2 Å². The fraction of sp³-hybridized carbons (Fsp3) is 0.308. The molecule has 0 radical (unpaired) electrons. The zero-order chi connectivity index (χ0) is 15.7. The normalized spacial score (nSPS) is 15.5. The number of imide groups is 1. The van der Waals surface area contributed by atoms with Crippen LogP contribution in [0.5, 0.6) is 0 Å². The van der Waals surface area contributed by atoms with Gasteiger partial charge in [0.2, 0.25) is 0 Å². The third kappa shape index (κ3) is 2.36. The number of carbonyl (C=O) groups excluding carboxylic acids is 3. The second-order valence-corrected chi connectivity index (χ2v) is 4.75. The second kappa shape index (κ2) is 5.43. The zero-order valence-electron chi connectivity index (χ0n) is 11.9. The lowest BCUT2D eigenvalue weighted by atomic mass is 10.3. The Kier molecular flexibility index (Phi) is 3.45. The molecule has 114 valence electrons. The van der Waals surface area contributed by atoms with Crippen LogP contribution < -0.4 is 5.32 Å². The van der Waals surface area contributed by atoms with Gasteiger partial charge in [0.25, 0.3) is 0 Å². The molecule has 1 fully saturated rings. The summed E-state index contributed by atoms with van der Waals surface area (Å²) in [5.74, 6) is -1.48. The molecule has 0 aromatic carbocycles. The molecular formula is C13H14N6O3. The lowest BCUT2D eigenvalue weighted by Crippen LogP contribution is -2.56. The summed E-state index contributed by atoms with van der Waals surface area (Å²) in [7, 11) is 0. The first-order chi connectivity index (χ1) is 10.6. The molecular weight excluding hydrogens is 288 g/mol. The fourth-order valence-electron chi connectivity index (χ4n) is 2.24. The molecule has 3 heterocycles. The van der Waals surface area contributed by atoms with Crippen LogP contribution in [0.15, 0.2) is 24.7 Å². The highest BCUT2D eigenvalue weighted by molar-refractivity contribution is 6.38. The number of nitrogens with one attached hydrogen (secondary N) is 1. The quantitative estimate of drug-likeness (QED) is 0.784. The minimum absolute atomic E-state index is 0.168. The van der Waals surface area contributed by atoms with E-state index < -0.39 is 17.8 Å². The lowest BCUT2D eigenvalue weighted by molar-refractivity contribution is -0.153. The number of amides is 4. The van der Waals surface area contributed by atoms with Gasteiger partial charge in [-0.1, -0.05) is 0 Å². The van der Waals surface area contributed by atoms with Gasteiger partial charge in [0, 0.05) is 25.7 Å². The van der Waals surface area contributed by atoms with Crippen molar-refractivity contribution in [2.75, 3.05) is 25.0 Å². The van der Waals surface area contributed by atoms with Gasteiger partial charge in [-0.3, -0.25) is 14.5 Å². The van der Waals surface area contributed by atoms with Gasteiger partial charge >= 0.3 is 17.8 Å². The number of hydrogen-bond acceptors (Lipinski definition) is 5. The number of urea groups is 1. The Labute approximate surface area is 125 Å². The van der Waals surface area contributed by atoms with E-state index in [1.807, 2.05) is 0 Å². The summed E-state index contributed by atoms with van der Waals surface area (Å²) in [6, 6.07) is 1.07. The SMILES string of the molecule is CCN1CCN(C(=O)Nc2cnc3ccnn3c2)C(=O)C1=O. The van der Waals surface area contributed by atoms with Gasteiger partial charge in [0.15, 0.2) is 5.65 Å². The Hall–Kier alpha value is -2.97. The van der Waals surface area contributed by atoms with Crippen LogP contribution in [-0.4, -0.2) is 61.9 Å². The number of piperazine rings is 1. The van der Waals surface area contributed by atoms with Crippen molar-refractivity contribution in [3.8, 4) is 0 Å². The number of rotatable bonds is 2. The first kappa shape index (κ1) is 14.0. The van der Waals surface area contributed by atoms with Crippen molar-refractivity contribution in [1.82, 2.24) is 24.4 Å². The summed E-state index contributed by atoms with van der Waals surface area (Å²) < 4.78 is 1.50. The first-order valence-corrected chi connectivity index (χ1v) is 6.81. The Bertz CT molecular complexity index is 755. The van der Waals surface area contributed by atoms with Crippen molar-refractivity contribution in [3.63, 3.8) is 0 Å². The van der Waals surface area contributed by atoms with E-state index in [0.29, 0.717) is 24.4 Å². The topological polar surface area (TPSA) is 99.9 Å². The van der Waals surface area contributed by atoms with Gasteiger partial charge in [0.05, 0.1) is 24.3 Å². The highest BCUT2D eigenvalue weighted by Crippen LogP contribution is 2.10. The number of aromatic nitrogens is 3. The fourth-order valence-corrected chi connectivity index (χ4v) is 2.24. The highest BCUT2D eigenvalue weighted by Gasteiger charge is 2.35. The molecule has 0 spiro atoms. The molecule has 9 heteroatoms. The van der Waals surface area contributed by atoms with Crippen molar-refractivity contribution in [2.45, 2.75) is 6.92 Å². The number of nitrogens with zero attached hydrogens (tertiary/aromatic N) is 5. The molecule has 1 saturated heterocycles. The maximum atomic E-state index is 12.2. The Morgan fingerprint density at radius 1 is 1.32 bits per heavy atom. The molecule has 4 amide bonds. The summed E-state index contributed by atoms with van der Waals surface area (Å²) in [5.41, 5.74) is 1.03. The van der Waals surface area contributed by atoms with E-state index >= 15 is 0 Å². The molecule has 1 N–H and O–H groups in total. The van der Waals surface area contributed by atoms with E-state index in [1.54, 1.807) is 25.4 Å². The van der Waals surface area contributed by atoms with E-state index in [9.17, 15) is 14.4 Å². The Morgan fingerprint density at radius 3 is 2.91 bits per heavy atom. The molecule has 0 atom stereocenters. The van der Waals surface area contributed by atoms with E-state index in [1.165, 1.54) is 15.6 Å². The Balaban J connectivity index is 1.74. The highest BCUT2D eigenvalue weighted by atomic mass is 16.2. The smallest absolute Gasteiger partial charge is 0.329 e. The van der Waals surface area contributed by atoms with Crippen molar-refractivity contribution in [3.05, 3.63) is 24.7 Å². The minimum Gasteiger partial charge on any atom is -0.333 e. The molecule has 0 unspecified atom stereocenters. The van der Waals surface area contributed by atoms with Gasteiger partial charge in [-0.25, -0.2) is 14.3 Å². The van der Waals surface area contributed by atoms with Crippen LogP contribution >= 0.6 is 0 Å². The predicted octanol–water partition coefficient (Wildman–Crippen LogP) is -0.0481. The van der Waals surface area contributed by atoms with E-state index in [0.717, 1.165) is 4.90 Å². The molecule has 22 heavy (non-hydrogen) atoms. The maximum absolute atomic E-state index is 12.2. The second-order valence-electron chi connectivity index (χ2n) is 4.75. The predicted molar refractivity (Wildman–Crippen MR) is 76.0 cm³/mol. The van der Waals surface area contributed by atoms with Gasteiger partial charge in [-0.15, -0.1) is 0 Å². The molecule has 0 aliphatic carbocycles. The summed E-state index contributed by atoms with van der Waals surface area (Å²) in [5, 5.41) is 6.56. The van der Waals surface area contributed by atoms with Gasteiger partial charge < -0.3 is 10.2 Å². The summed E-state index contributed by atoms with van der Waals surface area (Å²) in [6.45, 7) is 2.73. The number of fused-ring (bicyclic) bond motifs is 1. The summed E-state index contributed by atoms with van der Waals surface area (Å²) in [6.07, 6.45) is 4.62. The van der Waals surface area contributed by atoms with Crippen LogP contribution in [0.1, 0.15) is 6.92 Å². The third-order valence-corrected chi connectivity index (χ3v) is 3.43. The molecule has 3 rings (SSSR count). The molecule has 0 bridgehead atoms. The van der Waals surface area contributed by atoms with Gasteiger partial charge in [-0.05, 0) is 6.92 Å². The number of carbonyl (C=O) groups is 3. The average Bonchev–Trinajstić information content (AvgIpc) is 2.97. The lowest BCUT2D eigenvalue weighted by Gasteiger charge is -2.31. The van der Waals surface area contributed by atoms with E-state index in [4.69, 9.17) is 0 Å². The van der Waals surface area contributed by atoms with Crippen LogP contribution in [-0.2, 0) is 9.59 Å². The molecule has 9 nitrogen and oxygen atoms in total. The van der Waals surface area contributed by atoms with Gasteiger partial charge in [-0.2, -0.15) is 5.10 Å². The average molecular weight is 302 g/mol. The standard InChI is InChI=1S/C13H14N6O3/c1-2-17-5-6-18(12(21)11(17)20)13(22)16-9-7-14-10-3-4-15-19(10)8-9/h3-4,7-8H,2,5-6H2,1H3,(H,16,22). The van der Waals surface area contributed by atoms with Crippen LogP contribution in [0.4, 0.5) is 10.5 Å². The third-order valence-electron chi connectivity index (χ3n) is 3.43. The number of hydrogen-bond donors (Lipinski definition) is 1. The number of anilines is 1. The van der Waals surface area contributed by atoms with Gasteiger partial charge in [0.1, 0.15) is 0 Å². The Morgan fingerprint density at radius 2 is 2.14 bits per heavy atom. The van der Waals surface area contributed by atoms with Crippen LogP contribution in [0, 0.1) is 0 Å². The molecule has 2 aromatic rings. The van der Waals surface area contributed by atoms with E-state index in [2.05, 4.69) is 15.4 Å². The molecule has 1 aliphatic rings. The minimum atomic E-state index is -0.821. The number of likely N-dealkylation sites (N-methyl/N-ethyl adjacent to an activating group) is 1. The molecule has 0 saturated carbocycles. The van der Waals surface area contributed by atoms with E-state index in [-0.39, 0.29) is 6.54 Å². The summed E-state index contributed by atoms with van der Waals surface area (Å²) >= 11 is 0. The van der Waals surface area contributed by atoms with Crippen LogP contribution in [0.2, 0.25) is 0 Å². The molecule has 2 aromatic heterocycles. The van der Waals surface area contributed by atoms with Crippen molar-refractivity contribution < 1.29 is 14.4 Å². The zero-order valence-corrected chi connectivity index (χ0v) is 11.9. The summed E-state index contributed by atoms with van der Waals surface area (Å²) in [4.78, 5) is 42.3. The largest absolute Gasteiger partial charge is 0.333 e. The van der Waals surface area contributed by atoms with Crippen LogP contribution in [0.25, 0.3) is 5.65 Å². The monoisotopic (exact) mass is 302 g/mol. The first-order valence-electron chi connectivity index (χ1n) is 6.81.